The fourth-order valence-electron chi connectivity index (χ4n) is 3.31. The number of aliphatic hydroxyl groups excluding tert-OH is 1. The normalized spacial score (nSPS) is 20.2. The molecule has 1 aromatic rings. The van der Waals surface area contributed by atoms with Gasteiger partial charge in [-0.1, -0.05) is 19.1 Å². The molecule has 0 saturated carbocycles. The van der Waals surface area contributed by atoms with E-state index in [4.69, 9.17) is 4.74 Å². The second-order valence-corrected chi connectivity index (χ2v) is 6.77. The summed E-state index contributed by atoms with van der Waals surface area (Å²) in [5.41, 5.74) is 1.03. The van der Waals surface area contributed by atoms with E-state index >= 15 is 0 Å². The summed E-state index contributed by atoms with van der Waals surface area (Å²) in [6, 6.07) is 8.12. The fraction of sp³-hybridized carbons (Fsp3) is 0.632. The van der Waals surface area contributed by atoms with Gasteiger partial charge in [0.15, 0.2) is 0 Å². The maximum atomic E-state index is 12.3. The molecule has 1 saturated heterocycles. The first-order valence-corrected chi connectivity index (χ1v) is 9.06. The van der Waals surface area contributed by atoms with Gasteiger partial charge in [-0.05, 0) is 31.0 Å². The van der Waals surface area contributed by atoms with Crippen molar-refractivity contribution in [3.05, 3.63) is 29.8 Å². The highest BCUT2D eigenvalue weighted by atomic mass is 16.5. The van der Waals surface area contributed by atoms with Gasteiger partial charge < -0.3 is 15.2 Å². The first-order chi connectivity index (χ1) is 12.0. The van der Waals surface area contributed by atoms with Gasteiger partial charge in [0.05, 0.1) is 19.8 Å². The lowest BCUT2D eigenvalue weighted by Gasteiger charge is -2.41. The molecule has 0 bridgehead atoms. The Morgan fingerprint density at radius 3 is 2.92 bits per heavy atom. The minimum atomic E-state index is -0.313. The molecule has 6 heteroatoms. The van der Waals surface area contributed by atoms with Gasteiger partial charge in [-0.3, -0.25) is 14.6 Å². The van der Waals surface area contributed by atoms with Crippen LogP contribution < -0.4 is 10.1 Å². The number of nitrogens with zero attached hydrogens (tertiary/aromatic N) is 2. The topological polar surface area (TPSA) is 65.0 Å². The number of benzene rings is 1. The van der Waals surface area contributed by atoms with Crippen molar-refractivity contribution in [3.63, 3.8) is 0 Å². The predicted octanol–water partition coefficient (Wildman–Crippen LogP) is 1.09. The van der Waals surface area contributed by atoms with E-state index in [0.717, 1.165) is 37.4 Å². The zero-order valence-corrected chi connectivity index (χ0v) is 15.6. The van der Waals surface area contributed by atoms with Crippen LogP contribution in [0.1, 0.15) is 25.8 Å². The molecule has 1 fully saturated rings. The highest BCUT2D eigenvalue weighted by Gasteiger charge is 2.27. The summed E-state index contributed by atoms with van der Waals surface area (Å²) in [5, 5.41) is 12.6. The number of aliphatic hydroxyl groups is 1. The van der Waals surface area contributed by atoms with Crippen LogP contribution in [-0.2, 0) is 11.3 Å². The number of hydrogen-bond acceptors (Lipinski definition) is 5. The molecule has 0 radical (unpaired) electrons. The lowest BCUT2D eigenvalue weighted by molar-refractivity contribution is -0.123. The van der Waals surface area contributed by atoms with Crippen LogP contribution in [-0.4, -0.2) is 72.8 Å². The van der Waals surface area contributed by atoms with Gasteiger partial charge in [0.1, 0.15) is 5.75 Å². The first kappa shape index (κ1) is 19.7. The van der Waals surface area contributed by atoms with Crippen LogP contribution in [0, 0.1) is 0 Å². The lowest BCUT2D eigenvalue weighted by Crippen LogP contribution is -2.55. The molecular weight excluding hydrogens is 318 g/mol. The van der Waals surface area contributed by atoms with E-state index in [1.54, 1.807) is 7.11 Å². The Morgan fingerprint density at radius 1 is 1.44 bits per heavy atom. The van der Waals surface area contributed by atoms with Crippen LogP contribution in [0.3, 0.4) is 0 Å². The molecule has 1 aliphatic heterocycles. The fourth-order valence-corrected chi connectivity index (χ4v) is 3.31. The number of β-amino-alcohol motifs (C(OH)–C–C–N with tert-alkyl or cyclic N) is 1. The molecule has 1 amide bonds. The summed E-state index contributed by atoms with van der Waals surface area (Å²) >= 11 is 0. The van der Waals surface area contributed by atoms with E-state index in [0.29, 0.717) is 25.7 Å². The maximum Gasteiger partial charge on any atom is 0.234 e. The second-order valence-electron chi connectivity index (χ2n) is 6.77. The molecular formula is C19H31N3O3. The van der Waals surface area contributed by atoms with E-state index in [2.05, 4.69) is 22.0 Å². The number of nitrogens with one attached hydrogen (secondary N) is 1. The molecule has 140 valence electrons. The van der Waals surface area contributed by atoms with Crippen molar-refractivity contribution in [2.75, 3.05) is 39.8 Å². The number of hydrogen-bond donors (Lipinski definition) is 2. The van der Waals surface area contributed by atoms with Crippen molar-refractivity contribution < 1.29 is 14.6 Å². The van der Waals surface area contributed by atoms with Crippen LogP contribution in [0.4, 0.5) is 0 Å². The molecule has 0 aromatic heterocycles. The van der Waals surface area contributed by atoms with Gasteiger partial charge in [-0.25, -0.2) is 0 Å². The van der Waals surface area contributed by atoms with Crippen molar-refractivity contribution in [2.24, 2.45) is 0 Å². The summed E-state index contributed by atoms with van der Waals surface area (Å²) in [5.74, 6) is 0.841. The summed E-state index contributed by atoms with van der Waals surface area (Å²) in [6.07, 6.45) is 0.709. The average Bonchev–Trinajstić information content (AvgIpc) is 2.61. The third kappa shape index (κ3) is 6.30. The summed E-state index contributed by atoms with van der Waals surface area (Å²) in [7, 11) is 1.64. The first-order valence-electron chi connectivity index (χ1n) is 9.06. The number of methoxy groups -OCH3 is 1. The van der Waals surface area contributed by atoms with Gasteiger partial charge in [-0.2, -0.15) is 0 Å². The van der Waals surface area contributed by atoms with Crippen molar-refractivity contribution in [2.45, 2.75) is 39.0 Å². The molecule has 6 nitrogen and oxygen atoms in total. The van der Waals surface area contributed by atoms with Gasteiger partial charge in [-0.15, -0.1) is 0 Å². The van der Waals surface area contributed by atoms with E-state index in [1.807, 2.05) is 31.2 Å². The van der Waals surface area contributed by atoms with Crippen LogP contribution in [0.2, 0.25) is 0 Å². The molecule has 1 aromatic carbocycles. The van der Waals surface area contributed by atoms with E-state index < -0.39 is 0 Å². The summed E-state index contributed by atoms with van der Waals surface area (Å²) in [4.78, 5) is 16.8. The molecule has 0 unspecified atom stereocenters. The number of carbonyl (C=O) groups excluding carboxylic acids is 1. The Bertz CT molecular complexity index is 550. The Kier molecular flexibility index (Phi) is 7.68. The Labute approximate surface area is 150 Å². The standard InChI is InChI=1S/C19H31N3O3/c1-4-17-13-21(8-9-22(17)12-15(2)23)14-19(24)20-11-16-6-5-7-18(10-16)25-3/h5-7,10,15,17,23H,4,8-9,11-14H2,1-3H3,(H,20,24)/t15-,17+/m0/s1. The predicted molar refractivity (Wildman–Crippen MR) is 98.6 cm³/mol. The molecule has 2 N–H and O–H groups in total. The van der Waals surface area contributed by atoms with Crippen molar-refractivity contribution in [1.82, 2.24) is 15.1 Å². The SMILES string of the molecule is CC[C@@H]1CN(CC(=O)NCc2cccc(OC)c2)CCN1C[C@H](C)O. The molecule has 2 atom stereocenters. The van der Waals surface area contributed by atoms with Crippen molar-refractivity contribution >= 4 is 5.91 Å². The van der Waals surface area contributed by atoms with Crippen molar-refractivity contribution in [1.29, 1.82) is 0 Å². The zero-order chi connectivity index (χ0) is 18.2. The minimum absolute atomic E-state index is 0.0432. The average molecular weight is 349 g/mol. The maximum absolute atomic E-state index is 12.3. The third-order valence-electron chi connectivity index (χ3n) is 4.65. The number of carbonyl (C=O) groups is 1. The van der Waals surface area contributed by atoms with Crippen LogP contribution in [0.25, 0.3) is 0 Å². The summed E-state index contributed by atoms with van der Waals surface area (Å²) < 4.78 is 5.20. The smallest absolute Gasteiger partial charge is 0.234 e. The molecule has 0 aliphatic carbocycles. The minimum Gasteiger partial charge on any atom is -0.497 e. The Hall–Kier alpha value is -1.63. The molecule has 0 spiro atoms. The van der Waals surface area contributed by atoms with Crippen molar-refractivity contribution in [3.8, 4) is 5.75 Å². The van der Waals surface area contributed by atoms with Crippen LogP contribution in [0.5, 0.6) is 5.75 Å². The molecule has 2 rings (SSSR count). The second kappa shape index (κ2) is 9.75. The van der Waals surface area contributed by atoms with E-state index in [9.17, 15) is 9.90 Å². The number of rotatable bonds is 8. The largest absolute Gasteiger partial charge is 0.497 e. The van der Waals surface area contributed by atoms with Gasteiger partial charge in [0, 0.05) is 38.8 Å². The quantitative estimate of drug-likeness (QED) is 0.735. The van der Waals surface area contributed by atoms with E-state index in [-0.39, 0.29) is 12.0 Å². The number of ether oxygens (including phenoxy) is 1. The van der Waals surface area contributed by atoms with E-state index in [1.165, 1.54) is 0 Å². The van der Waals surface area contributed by atoms with Gasteiger partial charge in [0.25, 0.3) is 0 Å². The third-order valence-corrected chi connectivity index (χ3v) is 4.65. The molecule has 1 aliphatic rings. The highest BCUT2D eigenvalue weighted by Crippen LogP contribution is 2.14. The van der Waals surface area contributed by atoms with Gasteiger partial charge >= 0.3 is 0 Å². The van der Waals surface area contributed by atoms with Gasteiger partial charge in [0.2, 0.25) is 5.91 Å². The lowest BCUT2D eigenvalue weighted by atomic mass is 10.1. The Morgan fingerprint density at radius 2 is 2.24 bits per heavy atom. The molecule has 1 heterocycles. The monoisotopic (exact) mass is 349 g/mol. The number of amides is 1. The van der Waals surface area contributed by atoms with Crippen LogP contribution in [0.15, 0.2) is 24.3 Å². The zero-order valence-electron chi connectivity index (χ0n) is 15.6. The molecule has 25 heavy (non-hydrogen) atoms. The summed E-state index contributed by atoms with van der Waals surface area (Å²) in [6.45, 7) is 8.24. The van der Waals surface area contributed by atoms with Crippen LogP contribution >= 0.6 is 0 Å². The number of piperazine rings is 1. The Balaban J connectivity index is 1.78. The highest BCUT2D eigenvalue weighted by molar-refractivity contribution is 5.78.